The number of aromatic hydroxyl groups is 1. The molecule has 3 heteroatoms. The van der Waals surface area contributed by atoms with Crippen LogP contribution in [0.15, 0.2) is 36.4 Å². The molecule has 1 N–H and O–H groups in total. The fourth-order valence-corrected chi connectivity index (χ4v) is 10.8. The molecule has 3 rings (SSSR count). The molecule has 0 spiro atoms. The maximum absolute atomic E-state index is 11.4. The Bertz CT molecular complexity index is 855. The molecule has 0 radical (unpaired) electrons. The maximum atomic E-state index is 11.4. The summed E-state index contributed by atoms with van der Waals surface area (Å²) in [6, 6.07) is 13.6. The molecule has 1 aliphatic carbocycles. The minimum Gasteiger partial charge on any atom is -0.508 e. The lowest BCUT2D eigenvalue weighted by atomic mass is 10.1. The number of aryl methyl sites for hydroxylation is 1. The molecule has 0 unspecified atom stereocenters. The molecule has 2 aromatic rings. The molecule has 0 saturated carbocycles. The zero-order chi connectivity index (χ0) is 19.1. The van der Waals surface area contributed by atoms with Gasteiger partial charge in [0.15, 0.2) is 0 Å². The Morgan fingerprint density at radius 3 is 2.23 bits per heavy atom. The van der Waals surface area contributed by atoms with Crippen molar-refractivity contribution in [3.05, 3.63) is 53.1 Å². The summed E-state index contributed by atoms with van der Waals surface area (Å²) in [6.07, 6.45) is 5.63. The van der Waals surface area contributed by atoms with E-state index in [1.807, 2.05) is 0 Å². The lowest BCUT2D eigenvalue weighted by Crippen LogP contribution is -2.59. The number of allylic oxidation sites excluding steroid dienone is 1. The van der Waals surface area contributed by atoms with Crippen LogP contribution in [0.5, 0.6) is 5.75 Å². The normalized spacial score (nSPS) is 13.9. The molecule has 0 atom stereocenters. The number of hydrogen-bond acceptors (Lipinski definition) is 1. The minimum absolute atomic E-state index is 0.602. The quantitative estimate of drug-likeness (QED) is 0.761. The Hall–Kier alpha value is -1.59. The van der Waals surface area contributed by atoms with Crippen LogP contribution in [0.2, 0.25) is 31.7 Å². The van der Waals surface area contributed by atoms with Gasteiger partial charge in [-0.2, -0.15) is 0 Å². The van der Waals surface area contributed by atoms with Gasteiger partial charge in [0.25, 0.3) is 0 Å². The standard InChI is InChI=1S/C23H32OSi2/c1-7-26(8-2,20-14-10-12-18-11-9-13-19(18)20)22-16-17(3)15-21(23(22)24)25(4,5)6/h9-10,12-16,24H,7-8,11H2,1-6H3. The van der Waals surface area contributed by atoms with Crippen LogP contribution in [0.3, 0.4) is 0 Å². The lowest BCUT2D eigenvalue weighted by molar-refractivity contribution is 0.483. The fourth-order valence-electron chi connectivity index (χ4n) is 4.58. The Morgan fingerprint density at radius 2 is 1.62 bits per heavy atom. The summed E-state index contributed by atoms with van der Waals surface area (Å²) < 4.78 is 0. The monoisotopic (exact) mass is 380 g/mol. The highest BCUT2D eigenvalue weighted by Crippen LogP contribution is 2.27. The van der Waals surface area contributed by atoms with Gasteiger partial charge in [0.05, 0.1) is 8.07 Å². The Morgan fingerprint density at radius 1 is 0.962 bits per heavy atom. The van der Waals surface area contributed by atoms with E-state index >= 15 is 0 Å². The van der Waals surface area contributed by atoms with E-state index in [0.29, 0.717) is 5.75 Å². The Balaban J connectivity index is 2.33. The topological polar surface area (TPSA) is 20.2 Å². The van der Waals surface area contributed by atoms with Crippen LogP contribution in [0.1, 0.15) is 30.5 Å². The first kappa shape index (κ1) is 19.2. The molecule has 1 aliphatic rings. The third kappa shape index (κ3) is 3.01. The molecule has 0 heterocycles. The smallest absolute Gasteiger partial charge is 0.123 e. The molecule has 2 aromatic carbocycles. The third-order valence-electron chi connectivity index (χ3n) is 6.12. The van der Waals surface area contributed by atoms with Crippen LogP contribution < -0.4 is 15.6 Å². The number of fused-ring (bicyclic) bond motifs is 1. The van der Waals surface area contributed by atoms with Gasteiger partial charge in [0, 0.05) is 0 Å². The van der Waals surface area contributed by atoms with Gasteiger partial charge in [-0.1, -0.05) is 93.6 Å². The van der Waals surface area contributed by atoms with Gasteiger partial charge in [-0.05, 0) is 40.0 Å². The summed E-state index contributed by atoms with van der Waals surface area (Å²) in [5.74, 6) is 0.602. The van der Waals surface area contributed by atoms with Gasteiger partial charge in [0.2, 0.25) is 0 Å². The van der Waals surface area contributed by atoms with E-state index in [1.165, 1.54) is 32.3 Å². The van der Waals surface area contributed by atoms with Crippen LogP contribution in [-0.4, -0.2) is 21.3 Å². The van der Waals surface area contributed by atoms with Crippen LogP contribution >= 0.6 is 0 Å². The average Bonchev–Trinajstić information content (AvgIpc) is 3.07. The second-order valence-corrected chi connectivity index (χ2v) is 18.4. The second kappa shape index (κ2) is 6.86. The van der Waals surface area contributed by atoms with E-state index in [0.717, 1.165) is 18.5 Å². The fraction of sp³-hybridized carbons (Fsp3) is 0.391. The molecular weight excluding hydrogens is 348 g/mol. The van der Waals surface area contributed by atoms with Gasteiger partial charge >= 0.3 is 0 Å². The summed E-state index contributed by atoms with van der Waals surface area (Å²) in [6.45, 7) is 13.8. The molecule has 0 bridgehead atoms. The predicted octanol–water partition coefficient (Wildman–Crippen LogP) is 4.42. The second-order valence-electron chi connectivity index (χ2n) is 8.73. The van der Waals surface area contributed by atoms with Crippen molar-refractivity contribution in [3.8, 4) is 5.75 Å². The molecule has 0 saturated heterocycles. The lowest BCUT2D eigenvalue weighted by Gasteiger charge is -2.35. The first-order chi connectivity index (χ1) is 12.2. The van der Waals surface area contributed by atoms with Crippen molar-refractivity contribution >= 4 is 37.8 Å². The zero-order valence-corrected chi connectivity index (χ0v) is 19.1. The minimum atomic E-state index is -2.02. The number of phenols is 1. The molecule has 138 valence electrons. The number of hydrogen-bond donors (Lipinski definition) is 1. The highest BCUT2D eigenvalue weighted by Gasteiger charge is 2.39. The van der Waals surface area contributed by atoms with E-state index in [2.05, 4.69) is 82.9 Å². The van der Waals surface area contributed by atoms with Crippen LogP contribution in [0.4, 0.5) is 0 Å². The third-order valence-corrected chi connectivity index (χ3v) is 13.4. The molecule has 0 aromatic heterocycles. The van der Waals surface area contributed by atoms with E-state index in [4.69, 9.17) is 0 Å². The van der Waals surface area contributed by atoms with E-state index in [9.17, 15) is 5.11 Å². The molecule has 26 heavy (non-hydrogen) atoms. The van der Waals surface area contributed by atoms with Crippen molar-refractivity contribution in [1.29, 1.82) is 0 Å². The number of rotatable bonds is 5. The SMILES string of the molecule is CC[Si](CC)(c1cc(C)cc([Si](C)(C)C)c1O)c1cccc2c1C=CC2. The molecule has 1 nitrogen and oxygen atoms in total. The van der Waals surface area contributed by atoms with Gasteiger partial charge in [-0.3, -0.25) is 0 Å². The van der Waals surface area contributed by atoms with E-state index < -0.39 is 16.1 Å². The highest BCUT2D eigenvalue weighted by atomic mass is 28.3. The maximum Gasteiger partial charge on any atom is 0.123 e. The molecule has 0 fully saturated rings. The summed E-state index contributed by atoms with van der Waals surface area (Å²) in [7, 11) is -3.63. The van der Waals surface area contributed by atoms with E-state index in [1.54, 1.807) is 0 Å². The predicted molar refractivity (Wildman–Crippen MR) is 121 cm³/mol. The van der Waals surface area contributed by atoms with Gasteiger partial charge in [0.1, 0.15) is 13.8 Å². The Labute approximate surface area is 160 Å². The van der Waals surface area contributed by atoms with Crippen molar-refractivity contribution in [2.24, 2.45) is 0 Å². The van der Waals surface area contributed by atoms with Crippen molar-refractivity contribution in [2.75, 3.05) is 0 Å². The molecular formula is C23H32OSi2. The Kier molecular flexibility index (Phi) is 5.06. The van der Waals surface area contributed by atoms with Gasteiger partial charge < -0.3 is 5.11 Å². The first-order valence-corrected chi connectivity index (χ1v) is 15.8. The van der Waals surface area contributed by atoms with Crippen molar-refractivity contribution in [1.82, 2.24) is 0 Å². The van der Waals surface area contributed by atoms with Crippen molar-refractivity contribution in [2.45, 2.75) is 58.9 Å². The first-order valence-electron chi connectivity index (χ1n) is 9.88. The number of benzene rings is 2. The van der Waals surface area contributed by atoms with Gasteiger partial charge in [-0.25, -0.2) is 0 Å². The summed E-state index contributed by atoms with van der Waals surface area (Å²) in [4.78, 5) is 0. The molecule has 0 amide bonds. The van der Waals surface area contributed by atoms with Crippen molar-refractivity contribution in [3.63, 3.8) is 0 Å². The van der Waals surface area contributed by atoms with E-state index in [-0.39, 0.29) is 0 Å². The summed E-state index contributed by atoms with van der Waals surface area (Å²) in [5, 5.41) is 15.4. The largest absolute Gasteiger partial charge is 0.508 e. The zero-order valence-electron chi connectivity index (χ0n) is 17.1. The van der Waals surface area contributed by atoms with Crippen LogP contribution in [-0.2, 0) is 6.42 Å². The van der Waals surface area contributed by atoms with Crippen LogP contribution in [0.25, 0.3) is 6.08 Å². The highest BCUT2D eigenvalue weighted by molar-refractivity contribution is 7.03. The van der Waals surface area contributed by atoms with Crippen LogP contribution in [0, 0.1) is 6.92 Å². The summed E-state index contributed by atoms with van der Waals surface area (Å²) >= 11 is 0. The molecule has 0 aliphatic heterocycles. The number of phenolic OH excluding ortho intramolecular Hbond substituents is 1. The summed E-state index contributed by atoms with van der Waals surface area (Å²) in [5.41, 5.74) is 4.16. The van der Waals surface area contributed by atoms with Gasteiger partial charge in [-0.15, -0.1) is 0 Å². The van der Waals surface area contributed by atoms with Crippen molar-refractivity contribution < 1.29 is 5.11 Å². The average molecular weight is 381 g/mol.